The second-order valence-electron chi connectivity index (χ2n) is 6.91. The number of rotatable bonds is 9. The molecule has 2 N–H and O–H groups in total. The van der Waals surface area contributed by atoms with E-state index >= 15 is 0 Å². The summed E-state index contributed by atoms with van der Waals surface area (Å²) in [6.45, 7) is 5.42. The lowest BCUT2D eigenvalue weighted by Gasteiger charge is -2.19. The van der Waals surface area contributed by atoms with Gasteiger partial charge in [0, 0.05) is 25.2 Å². The number of halogens is 3. The summed E-state index contributed by atoms with van der Waals surface area (Å²) in [6.07, 6.45) is -6.01. The van der Waals surface area contributed by atoms with Gasteiger partial charge in [-0.2, -0.15) is 4.31 Å². The van der Waals surface area contributed by atoms with E-state index in [0.29, 0.717) is 5.56 Å². The van der Waals surface area contributed by atoms with Crippen molar-refractivity contribution in [1.29, 1.82) is 0 Å². The zero-order valence-corrected chi connectivity index (χ0v) is 18.6. The first-order valence-corrected chi connectivity index (χ1v) is 11.3. The van der Waals surface area contributed by atoms with Crippen LogP contribution in [-0.4, -0.2) is 49.7 Å². The topological polar surface area (TPSA) is 95.9 Å². The average molecular weight is 475 g/mol. The lowest BCUT2D eigenvalue weighted by atomic mass is 10.1. The number of carbonyl (C=O) groups excluding carboxylic acids is 1. The van der Waals surface area contributed by atoms with Gasteiger partial charge in [-0.05, 0) is 42.3 Å². The van der Waals surface area contributed by atoms with Crippen molar-refractivity contribution in [2.45, 2.75) is 38.1 Å². The minimum absolute atomic E-state index is 0.0160. The van der Waals surface area contributed by atoms with Crippen molar-refractivity contribution >= 4 is 15.9 Å². The van der Waals surface area contributed by atoms with E-state index in [1.165, 1.54) is 34.6 Å². The number of benzene rings is 2. The number of ether oxygens (including phenoxy) is 1. The molecule has 0 radical (unpaired) electrons. The number of aryl methyl sites for hydroxylation is 1. The summed E-state index contributed by atoms with van der Waals surface area (Å²) in [5.41, 5.74) is 0.956. The van der Waals surface area contributed by atoms with Crippen LogP contribution in [0.15, 0.2) is 47.4 Å². The zero-order valence-electron chi connectivity index (χ0n) is 17.8. The Labute approximate surface area is 184 Å². The van der Waals surface area contributed by atoms with Crippen LogP contribution in [0.3, 0.4) is 0 Å². The molecule has 2 rings (SSSR count). The number of aliphatic hydroxyl groups excluding tert-OH is 1. The molecule has 2 aromatic rings. The Kier molecular flexibility index (Phi) is 8.27. The fraction of sp³-hybridized carbons (Fsp3) is 0.381. The highest BCUT2D eigenvalue weighted by Gasteiger charge is 2.31. The Morgan fingerprint density at radius 2 is 1.72 bits per heavy atom. The van der Waals surface area contributed by atoms with E-state index in [1.807, 2.05) is 0 Å². The summed E-state index contributed by atoms with van der Waals surface area (Å²) in [7, 11) is -3.75. The molecule has 32 heavy (non-hydrogen) atoms. The normalized spacial score (nSPS) is 13.1. The summed E-state index contributed by atoms with van der Waals surface area (Å²) in [4.78, 5) is 12.6. The molecular formula is C21H25F3N2O5S. The Hall–Kier alpha value is -2.63. The Balaban J connectivity index is 2.11. The first-order chi connectivity index (χ1) is 14.9. The molecule has 0 heterocycles. The van der Waals surface area contributed by atoms with E-state index in [9.17, 15) is 31.5 Å². The van der Waals surface area contributed by atoms with Crippen LogP contribution in [-0.2, 0) is 10.0 Å². The second-order valence-corrected chi connectivity index (χ2v) is 8.85. The first-order valence-electron chi connectivity index (χ1n) is 9.81. The van der Waals surface area contributed by atoms with Crippen LogP contribution < -0.4 is 10.1 Å². The molecule has 0 aliphatic rings. The maximum Gasteiger partial charge on any atom is 0.573 e. The number of nitrogens with one attached hydrogen (secondary N) is 1. The van der Waals surface area contributed by atoms with Gasteiger partial charge in [-0.25, -0.2) is 8.42 Å². The first kappa shape index (κ1) is 25.6. The molecule has 0 fully saturated rings. The van der Waals surface area contributed by atoms with E-state index in [-0.39, 0.29) is 35.7 Å². The fourth-order valence-corrected chi connectivity index (χ4v) is 4.50. The molecule has 0 saturated carbocycles. The van der Waals surface area contributed by atoms with E-state index in [4.69, 9.17) is 0 Å². The molecule has 1 amide bonds. The lowest BCUT2D eigenvalue weighted by Crippen LogP contribution is -2.32. The largest absolute Gasteiger partial charge is 0.573 e. The SMILES string of the molecule is CCN(CC)S(=O)(=O)c1ccc(C)c(C(=O)NCC(O)c2ccc(OC(F)(F)F)cc2)c1. The highest BCUT2D eigenvalue weighted by atomic mass is 32.2. The predicted octanol–water partition coefficient (Wildman–Crippen LogP) is 3.39. The third-order valence-electron chi connectivity index (χ3n) is 4.75. The molecule has 0 aromatic heterocycles. The Bertz CT molecular complexity index is 1040. The van der Waals surface area contributed by atoms with Crippen molar-refractivity contribution in [3.8, 4) is 5.75 Å². The molecular weight excluding hydrogens is 449 g/mol. The highest BCUT2D eigenvalue weighted by molar-refractivity contribution is 7.89. The van der Waals surface area contributed by atoms with Crippen molar-refractivity contribution in [2.75, 3.05) is 19.6 Å². The second kappa shape index (κ2) is 10.3. The van der Waals surface area contributed by atoms with Gasteiger partial charge >= 0.3 is 6.36 Å². The van der Waals surface area contributed by atoms with Gasteiger partial charge in [-0.3, -0.25) is 4.79 Å². The molecule has 0 saturated heterocycles. The smallest absolute Gasteiger partial charge is 0.406 e. The Morgan fingerprint density at radius 3 is 2.25 bits per heavy atom. The monoisotopic (exact) mass is 474 g/mol. The van der Waals surface area contributed by atoms with Crippen molar-refractivity contribution in [3.05, 3.63) is 59.2 Å². The minimum atomic E-state index is -4.82. The number of nitrogens with zero attached hydrogens (tertiary/aromatic N) is 1. The molecule has 0 aliphatic carbocycles. The van der Waals surface area contributed by atoms with Gasteiger partial charge < -0.3 is 15.2 Å². The van der Waals surface area contributed by atoms with Gasteiger partial charge in [0.15, 0.2) is 0 Å². The number of alkyl halides is 3. The minimum Gasteiger partial charge on any atom is -0.406 e. The Morgan fingerprint density at radius 1 is 1.12 bits per heavy atom. The predicted molar refractivity (Wildman–Crippen MR) is 112 cm³/mol. The highest BCUT2D eigenvalue weighted by Crippen LogP contribution is 2.24. The van der Waals surface area contributed by atoms with Crippen LogP contribution in [0.2, 0.25) is 0 Å². The summed E-state index contributed by atoms with van der Waals surface area (Å²) in [5.74, 6) is -1.02. The number of carbonyl (C=O) groups is 1. The molecule has 2 aromatic carbocycles. The molecule has 1 atom stereocenters. The van der Waals surface area contributed by atoms with Crippen LogP contribution in [0, 0.1) is 6.92 Å². The maximum atomic E-state index is 12.7. The van der Waals surface area contributed by atoms with Crippen LogP contribution in [0.4, 0.5) is 13.2 Å². The summed E-state index contributed by atoms with van der Waals surface area (Å²) >= 11 is 0. The molecule has 0 aliphatic heterocycles. The maximum absolute atomic E-state index is 12.7. The third-order valence-corrected chi connectivity index (χ3v) is 6.80. The molecule has 0 spiro atoms. The molecule has 0 bridgehead atoms. The summed E-state index contributed by atoms with van der Waals surface area (Å²) in [6, 6.07) is 8.86. The van der Waals surface area contributed by atoms with Gasteiger partial charge in [0.05, 0.1) is 11.0 Å². The zero-order chi connectivity index (χ0) is 24.1. The van der Waals surface area contributed by atoms with E-state index < -0.39 is 34.1 Å². The lowest BCUT2D eigenvalue weighted by molar-refractivity contribution is -0.274. The number of aliphatic hydroxyl groups is 1. The number of hydrogen-bond donors (Lipinski definition) is 2. The van der Waals surface area contributed by atoms with Crippen LogP contribution >= 0.6 is 0 Å². The van der Waals surface area contributed by atoms with E-state index in [1.54, 1.807) is 20.8 Å². The summed E-state index contributed by atoms with van der Waals surface area (Å²) in [5, 5.41) is 12.8. The average Bonchev–Trinajstić information content (AvgIpc) is 2.72. The van der Waals surface area contributed by atoms with E-state index in [0.717, 1.165) is 12.1 Å². The van der Waals surface area contributed by atoms with Gasteiger partial charge in [0.2, 0.25) is 10.0 Å². The van der Waals surface area contributed by atoms with Gasteiger partial charge in [-0.1, -0.05) is 32.0 Å². The van der Waals surface area contributed by atoms with Crippen molar-refractivity contribution in [1.82, 2.24) is 9.62 Å². The van der Waals surface area contributed by atoms with Crippen molar-refractivity contribution in [2.24, 2.45) is 0 Å². The van der Waals surface area contributed by atoms with Crippen LogP contribution in [0.5, 0.6) is 5.75 Å². The van der Waals surface area contributed by atoms with Gasteiger partial charge in [-0.15, -0.1) is 13.2 Å². The number of hydrogen-bond acceptors (Lipinski definition) is 5. The third kappa shape index (κ3) is 6.44. The molecule has 176 valence electrons. The van der Waals surface area contributed by atoms with Crippen LogP contribution in [0.1, 0.15) is 41.4 Å². The molecule has 7 nitrogen and oxygen atoms in total. The fourth-order valence-electron chi connectivity index (χ4n) is 3.01. The van der Waals surface area contributed by atoms with Gasteiger partial charge in [0.1, 0.15) is 5.75 Å². The quantitative estimate of drug-likeness (QED) is 0.581. The molecule has 1 unspecified atom stereocenters. The van der Waals surface area contributed by atoms with Crippen molar-refractivity contribution in [3.63, 3.8) is 0 Å². The standard InChI is InChI=1S/C21H25F3N2O5S/c1-4-26(5-2)32(29,30)17-11-6-14(3)18(12-17)20(28)25-13-19(27)15-7-9-16(10-8-15)31-21(22,23)24/h6-12,19,27H,4-5,13H2,1-3H3,(H,25,28). The summed E-state index contributed by atoms with van der Waals surface area (Å²) < 4.78 is 67.2. The number of amides is 1. The molecule has 11 heteroatoms. The van der Waals surface area contributed by atoms with E-state index in [2.05, 4.69) is 10.1 Å². The van der Waals surface area contributed by atoms with Crippen molar-refractivity contribution < 1.29 is 36.2 Å². The van der Waals surface area contributed by atoms with Crippen LogP contribution in [0.25, 0.3) is 0 Å². The van der Waals surface area contributed by atoms with Gasteiger partial charge in [0.25, 0.3) is 5.91 Å². The number of sulfonamides is 1.